The second kappa shape index (κ2) is 9.83. The van der Waals surface area contributed by atoms with Crippen molar-refractivity contribution in [3.63, 3.8) is 0 Å². The van der Waals surface area contributed by atoms with E-state index < -0.39 is 5.72 Å². The number of thiocarbonyl (C=S) groups is 1. The molecule has 1 N–H and O–H groups in total. The van der Waals surface area contributed by atoms with Crippen LogP contribution in [0.3, 0.4) is 0 Å². The summed E-state index contributed by atoms with van der Waals surface area (Å²) in [7, 11) is 0. The van der Waals surface area contributed by atoms with Crippen LogP contribution < -0.4 is 0 Å². The third kappa shape index (κ3) is 6.22. The van der Waals surface area contributed by atoms with Gasteiger partial charge in [0.15, 0.2) is 5.72 Å². The molecular formula is C19H30INOS2. The minimum Gasteiger partial charge on any atom is -0.367 e. The average molecular weight is 479 g/mol. The van der Waals surface area contributed by atoms with E-state index in [2.05, 4.69) is 29.3 Å². The van der Waals surface area contributed by atoms with E-state index in [1.165, 1.54) is 41.3 Å². The predicted octanol–water partition coefficient (Wildman–Crippen LogP) is 5.77. The standard InChI is InChI=1S/C19H30INOS2/c1-4-5-6-7-8-10-21-18(23)24-11-9-19(21,22)14-20-16(3)13-17-12-15(17)2/h14,22H,3-13H2,1-2H3/t19-/m0/s1. The van der Waals surface area contributed by atoms with Crippen LogP contribution in [0.15, 0.2) is 21.3 Å². The molecule has 2 aliphatic rings. The van der Waals surface area contributed by atoms with E-state index in [0.29, 0.717) is 0 Å². The zero-order chi connectivity index (χ0) is 17.6. The molecule has 2 rings (SSSR count). The van der Waals surface area contributed by atoms with Crippen LogP contribution in [0.4, 0.5) is 0 Å². The highest BCUT2D eigenvalue weighted by atomic mass is 127. The first kappa shape index (κ1) is 20.6. The van der Waals surface area contributed by atoms with Crippen LogP contribution in [0.2, 0.25) is 0 Å². The van der Waals surface area contributed by atoms with Gasteiger partial charge in [-0.2, -0.15) is 0 Å². The quantitative estimate of drug-likeness (QED) is 0.186. The number of allylic oxidation sites excluding steroid dienone is 3. The number of rotatable bonds is 10. The highest BCUT2D eigenvalue weighted by molar-refractivity contribution is 14.2. The summed E-state index contributed by atoms with van der Waals surface area (Å²) in [6, 6.07) is 0. The van der Waals surface area contributed by atoms with Gasteiger partial charge in [0.05, 0.1) is 0 Å². The van der Waals surface area contributed by atoms with Gasteiger partial charge in [-0.1, -0.05) is 95.0 Å². The number of hydrogen-bond acceptors (Lipinski definition) is 3. The summed E-state index contributed by atoms with van der Waals surface area (Å²) in [6.45, 7) is 9.56. The first-order valence-corrected chi connectivity index (χ1v) is 12.7. The molecule has 1 heterocycles. The van der Waals surface area contributed by atoms with Crippen molar-refractivity contribution in [1.29, 1.82) is 0 Å². The van der Waals surface area contributed by atoms with Gasteiger partial charge in [0, 0.05) is 22.7 Å². The maximum Gasteiger partial charge on any atom is 0.164 e. The fourth-order valence-electron chi connectivity index (χ4n) is 2.86. The molecule has 5 heteroatoms. The van der Waals surface area contributed by atoms with Crippen LogP contribution in [-0.2, 0) is 0 Å². The lowest BCUT2D eigenvalue weighted by Gasteiger charge is -2.42. The van der Waals surface area contributed by atoms with Gasteiger partial charge in [-0.15, -0.1) is 0 Å². The molecule has 0 radical (unpaired) electrons. The van der Waals surface area contributed by atoms with Crippen LogP contribution in [0.5, 0.6) is 0 Å². The summed E-state index contributed by atoms with van der Waals surface area (Å²) in [5.41, 5.74) is 2.25. The Labute approximate surface area is 166 Å². The Hall–Kier alpha value is 0.280. The van der Waals surface area contributed by atoms with Crippen molar-refractivity contribution in [2.24, 2.45) is 0 Å². The lowest BCUT2D eigenvalue weighted by molar-refractivity contribution is -0.000487. The summed E-state index contributed by atoms with van der Waals surface area (Å²) in [4.78, 5) is 2.08. The monoisotopic (exact) mass is 479 g/mol. The first-order chi connectivity index (χ1) is 11.5. The van der Waals surface area contributed by atoms with E-state index in [1.807, 2.05) is 0 Å². The molecule has 1 atom stereocenters. The summed E-state index contributed by atoms with van der Waals surface area (Å²) in [5, 5.41) is 11.2. The van der Waals surface area contributed by atoms with Crippen LogP contribution in [-0.4, -0.2) is 36.4 Å². The molecule has 0 unspecified atom stereocenters. The average Bonchev–Trinajstić information content (AvgIpc) is 3.23. The van der Waals surface area contributed by atoms with Crippen molar-refractivity contribution in [2.75, 3.05) is 12.3 Å². The second-order valence-electron chi connectivity index (χ2n) is 6.78. The fraction of sp³-hybridized carbons (Fsp3) is 0.684. The molecule has 1 aliphatic carbocycles. The lowest BCUT2D eigenvalue weighted by Crippen LogP contribution is -2.54. The Morgan fingerprint density at radius 1 is 1.42 bits per heavy atom. The highest BCUT2D eigenvalue weighted by Crippen LogP contribution is 2.38. The fourth-order valence-corrected chi connectivity index (χ4v) is 6.60. The minimum atomic E-state index is -0.837. The number of hydrogen-bond donors (Lipinski definition) is 1. The van der Waals surface area contributed by atoms with Gasteiger partial charge in [-0.25, -0.2) is 0 Å². The normalized spacial score (nSPS) is 24.5. The van der Waals surface area contributed by atoms with Crippen molar-refractivity contribution in [1.82, 2.24) is 4.90 Å². The number of thioether (sulfide) groups is 1. The molecule has 0 saturated carbocycles. The lowest BCUT2D eigenvalue weighted by atomic mass is 10.1. The third-order valence-electron chi connectivity index (χ3n) is 4.61. The summed E-state index contributed by atoms with van der Waals surface area (Å²) in [5.74, 6) is 0.915. The molecule has 1 fully saturated rings. The van der Waals surface area contributed by atoms with Crippen LogP contribution in [0.1, 0.15) is 65.2 Å². The van der Waals surface area contributed by atoms with E-state index >= 15 is 0 Å². The molecule has 1 saturated heterocycles. The molecule has 136 valence electrons. The van der Waals surface area contributed by atoms with Gasteiger partial charge in [-0.05, 0) is 29.8 Å². The van der Waals surface area contributed by atoms with Crippen LogP contribution >= 0.6 is 44.7 Å². The molecule has 0 aromatic rings. The van der Waals surface area contributed by atoms with E-state index in [9.17, 15) is 5.11 Å². The Bertz CT molecular complexity index is 543. The smallest absolute Gasteiger partial charge is 0.164 e. The number of unbranched alkanes of at least 4 members (excludes halogenated alkanes) is 4. The molecule has 0 aromatic heterocycles. The SMILES string of the molecule is C=C(CC1=C(C)C1)I=C[C@@]1(O)CCSC(=S)N1CCCCCCC. The first-order valence-electron chi connectivity index (χ1n) is 8.96. The van der Waals surface area contributed by atoms with Crippen molar-refractivity contribution in [3.05, 3.63) is 21.3 Å². The van der Waals surface area contributed by atoms with Crippen molar-refractivity contribution >= 4 is 53.0 Å². The minimum absolute atomic E-state index is 0.312. The van der Waals surface area contributed by atoms with E-state index in [1.54, 1.807) is 17.3 Å². The topological polar surface area (TPSA) is 23.5 Å². The van der Waals surface area contributed by atoms with Gasteiger partial charge in [0.25, 0.3) is 0 Å². The zero-order valence-corrected chi connectivity index (χ0v) is 18.7. The number of nitrogens with zero attached hydrogens (tertiary/aromatic N) is 1. The molecular weight excluding hydrogens is 449 g/mol. The molecule has 0 spiro atoms. The number of aliphatic hydroxyl groups is 1. The summed E-state index contributed by atoms with van der Waals surface area (Å²) in [6.07, 6.45) is 9.20. The predicted molar refractivity (Wildman–Crippen MR) is 121 cm³/mol. The maximum absolute atomic E-state index is 11.2. The number of halogens is 1. The molecule has 0 aromatic carbocycles. The second-order valence-corrected chi connectivity index (χ2v) is 11.3. The van der Waals surface area contributed by atoms with E-state index in [0.717, 1.165) is 35.9 Å². The van der Waals surface area contributed by atoms with Crippen molar-refractivity contribution in [2.45, 2.75) is 70.9 Å². The van der Waals surface area contributed by atoms with Crippen LogP contribution in [0, 0.1) is 0 Å². The van der Waals surface area contributed by atoms with Crippen molar-refractivity contribution in [3.8, 4) is 0 Å². The summed E-state index contributed by atoms with van der Waals surface area (Å²) >= 11 is 6.94. The van der Waals surface area contributed by atoms with Crippen LogP contribution in [0.25, 0.3) is 0 Å². The molecule has 1 aliphatic heterocycles. The van der Waals surface area contributed by atoms with Gasteiger partial charge < -0.3 is 10.0 Å². The maximum atomic E-state index is 11.2. The molecule has 2 nitrogen and oxygen atoms in total. The Morgan fingerprint density at radius 3 is 2.79 bits per heavy atom. The highest BCUT2D eigenvalue weighted by Gasteiger charge is 2.37. The summed E-state index contributed by atoms with van der Waals surface area (Å²) < 4.78 is 4.33. The van der Waals surface area contributed by atoms with Crippen molar-refractivity contribution < 1.29 is 5.11 Å². The van der Waals surface area contributed by atoms with E-state index in [-0.39, 0.29) is 20.7 Å². The molecule has 0 amide bonds. The third-order valence-corrected chi connectivity index (χ3v) is 8.64. The zero-order valence-electron chi connectivity index (χ0n) is 14.9. The molecule has 24 heavy (non-hydrogen) atoms. The van der Waals surface area contributed by atoms with E-state index in [4.69, 9.17) is 12.2 Å². The van der Waals surface area contributed by atoms with Gasteiger partial charge in [-0.3, -0.25) is 0 Å². The van der Waals surface area contributed by atoms with Gasteiger partial charge in [0.2, 0.25) is 0 Å². The van der Waals surface area contributed by atoms with Gasteiger partial charge >= 0.3 is 0 Å². The Morgan fingerprint density at radius 2 is 2.12 bits per heavy atom. The molecule has 0 bridgehead atoms. The largest absolute Gasteiger partial charge is 0.367 e. The van der Waals surface area contributed by atoms with Gasteiger partial charge in [0.1, 0.15) is 4.32 Å². The Balaban J connectivity index is 1.91. The Kier molecular flexibility index (Phi) is 8.44.